The van der Waals surface area contributed by atoms with Gasteiger partial charge >= 0.3 is 0 Å². The summed E-state index contributed by atoms with van der Waals surface area (Å²) in [5, 5.41) is 0. The lowest BCUT2D eigenvalue weighted by molar-refractivity contribution is -0.0990. The third kappa shape index (κ3) is 1.93. The minimum atomic E-state index is -0.0957. The smallest absolute Gasteiger partial charge is 0.105 e. The van der Waals surface area contributed by atoms with Gasteiger partial charge in [0.05, 0.1) is 17.9 Å². The van der Waals surface area contributed by atoms with Crippen LogP contribution in [-0.2, 0) is 11.2 Å². The molecule has 15 heavy (non-hydrogen) atoms. The first-order valence-electron chi connectivity index (χ1n) is 5.34. The molecule has 0 radical (unpaired) electrons. The Labute approximate surface area is 89.7 Å². The first-order valence-corrected chi connectivity index (χ1v) is 5.34. The van der Waals surface area contributed by atoms with E-state index in [1.165, 1.54) is 6.42 Å². The summed E-state index contributed by atoms with van der Waals surface area (Å²) >= 11 is 0. The fourth-order valence-corrected chi connectivity index (χ4v) is 2.25. The van der Waals surface area contributed by atoms with E-state index in [1.807, 2.05) is 12.1 Å². The summed E-state index contributed by atoms with van der Waals surface area (Å²) < 4.78 is 10.9. The SMILES string of the molecule is COC1(C(Cc2ccco2)NN)CCC1. The minimum absolute atomic E-state index is 0.0957. The molecule has 84 valence electrons. The van der Waals surface area contributed by atoms with Gasteiger partial charge in [-0.15, -0.1) is 0 Å². The Balaban J connectivity index is 2.03. The van der Waals surface area contributed by atoms with Crippen LogP contribution in [0.1, 0.15) is 25.0 Å². The highest BCUT2D eigenvalue weighted by Crippen LogP contribution is 2.38. The van der Waals surface area contributed by atoms with Gasteiger partial charge in [-0.2, -0.15) is 0 Å². The van der Waals surface area contributed by atoms with E-state index in [0.29, 0.717) is 0 Å². The van der Waals surface area contributed by atoms with Gasteiger partial charge in [0, 0.05) is 13.5 Å². The van der Waals surface area contributed by atoms with Crippen LogP contribution in [-0.4, -0.2) is 18.8 Å². The topological polar surface area (TPSA) is 60.4 Å². The molecule has 3 N–H and O–H groups in total. The van der Waals surface area contributed by atoms with Gasteiger partial charge in [0.15, 0.2) is 0 Å². The lowest BCUT2D eigenvalue weighted by atomic mass is 9.73. The van der Waals surface area contributed by atoms with Crippen LogP contribution in [0.25, 0.3) is 0 Å². The molecule has 0 aliphatic heterocycles. The van der Waals surface area contributed by atoms with E-state index in [-0.39, 0.29) is 11.6 Å². The van der Waals surface area contributed by atoms with Crippen molar-refractivity contribution in [3.8, 4) is 0 Å². The predicted octanol–water partition coefficient (Wildman–Crippen LogP) is 1.22. The van der Waals surface area contributed by atoms with Crippen molar-refractivity contribution in [2.45, 2.75) is 37.3 Å². The predicted molar refractivity (Wildman–Crippen MR) is 57.1 cm³/mol. The molecule has 0 saturated heterocycles. The zero-order valence-corrected chi connectivity index (χ0v) is 9.03. The molecule has 0 aromatic carbocycles. The van der Waals surface area contributed by atoms with Gasteiger partial charge in [0.1, 0.15) is 5.76 Å². The van der Waals surface area contributed by atoms with Gasteiger partial charge in [-0.1, -0.05) is 0 Å². The molecule has 1 aromatic heterocycles. The molecule has 1 aliphatic rings. The first-order chi connectivity index (χ1) is 7.30. The molecule has 2 rings (SSSR count). The standard InChI is InChI=1S/C11H18N2O2/c1-14-11(5-3-6-11)10(13-12)8-9-4-2-7-15-9/h2,4,7,10,13H,3,5-6,8,12H2,1H3. The molecule has 1 atom stereocenters. The van der Waals surface area contributed by atoms with Crippen molar-refractivity contribution in [3.05, 3.63) is 24.2 Å². The van der Waals surface area contributed by atoms with E-state index in [0.717, 1.165) is 25.0 Å². The zero-order valence-electron chi connectivity index (χ0n) is 9.03. The summed E-state index contributed by atoms with van der Waals surface area (Å²) in [5.41, 5.74) is 2.75. The van der Waals surface area contributed by atoms with Crippen molar-refractivity contribution < 1.29 is 9.15 Å². The molecule has 1 aromatic rings. The van der Waals surface area contributed by atoms with Crippen LogP contribution in [0.4, 0.5) is 0 Å². The third-order valence-corrected chi connectivity index (χ3v) is 3.43. The average Bonchev–Trinajstić information content (AvgIpc) is 2.68. The molecule has 4 nitrogen and oxygen atoms in total. The third-order valence-electron chi connectivity index (χ3n) is 3.43. The van der Waals surface area contributed by atoms with Gasteiger partial charge in [-0.05, 0) is 31.4 Å². The highest BCUT2D eigenvalue weighted by atomic mass is 16.5. The summed E-state index contributed by atoms with van der Waals surface area (Å²) in [6.45, 7) is 0. The summed E-state index contributed by atoms with van der Waals surface area (Å²) in [6, 6.07) is 3.98. The Hall–Kier alpha value is -0.840. The van der Waals surface area contributed by atoms with Crippen molar-refractivity contribution in [1.29, 1.82) is 0 Å². The Morgan fingerprint density at radius 3 is 2.87 bits per heavy atom. The second kappa shape index (κ2) is 4.35. The summed E-state index contributed by atoms with van der Waals surface area (Å²) in [7, 11) is 1.76. The first kappa shape index (κ1) is 10.7. The molecular weight excluding hydrogens is 192 g/mol. The van der Waals surface area contributed by atoms with Gasteiger partial charge in [0.25, 0.3) is 0 Å². The maximum atomic E-state index is 5.59. The van der Waals surface area contributed by atoms with E-state index in [9.17, 15) is 0 Å². The van der Waals surface area contributed by atoms with Gasteiger partial charge < -0.3 is 9.15 Å². The van der Waals surface area contributed by atoms with Gasteiger partial charge in [-0.25, -0.2) is 0 Å². The molecule has 0 bridgehead atoms. The van der Waals surface area contributed by atoms with Crippen molar-refractivity contribution >= 4 is 0 Å². The number of nitrogens with two attached hydrogens (primary N) is 1. The maximum absolute atomic E-state index is 5.59. The fraction of sp³-hybridized carbons (Fsp3) is 0.636. The van der Waals surface area contributed by atoms with Crippen LogP contribution in [0.3, 0.4) is 0 Å². The average molecular weight is 210 g/mol. The Kier molecular flexibility index (Phi) is 3.09. The van der Waals surface area contributed by atoms with E-state index in [4.69, 9.17) is 15.0 Å². The number of nitrogens with one attached hydrogen (secondary N) is 1. The number of ether oxygens (including phenoxy) is 1. The molecular formula is C11H18N2O2. The second-order valence-corrected chi connectivity index (χ2v) is 4.13. The molecule has 1 saturated carbocycles. The Bertz CT molecular complexity index is 288. The lowest BCUT2D eigenvalue weighted by Gasteiger charge is -2.46. The highest BCUT2D eigenvalue weighted by molar-refractivity contribution is 5.07. The molecule has 0 spiro atoms. The number of hydrogen-bond acceptors (Lipinski definition) is 4. The van der Waals surface area contributed by atoms with Crippen LogP contribution in [0.15, 0.2) is 22.8 Å². The Morgan fingerprint density at radius 1 is 1.67 bits per heavy atom. The van der Waals surface area contributed by atoms with E-state index in [2.05, 4.69) is 5.43 Å². The van der Waals surface area contributed by atoms with Crippen LogP contribution in [0.2, 0.25) is 0 Å². The maximum Gasteiger partial charge on any atom is 0.105 e. The van der Waals surface area contributed by atoms with Gasteiger partial charge in [-0.3, -0.25) is 11.3 Å². The number of hydrogen-bond donors (Lipinski definition) is 2. The molecule has 1 fully saturated rings. The van der Waals surface area contributed by atoms with E-state index in [1.54, 1.807) is 13.4 Å². The zero-order chi connectivity index (χ0) is 10.7. The quantitative estimate of drug-likeness (QED) is 0.566. The van der Waals surface area contributed by atoms with Crippen molar-refractivity contribution in [2.24, 2.45) is 5.84 Å². The van der Waals surface area contributed by atoms with Crippen LogP contribution in [0.5, 0.6) is 0 Å². The number of hydrazine groups is 1. The number of rotatable bonds is 5. The molecule has 1 unspecified atom stereocenters. The fourth-order valence-electron chi connectivity index (χ4n) is 2.25. The number of furan rings is 1. The van der Waals surface area contributed by atoms with Crippen LogP contribution in [0, 0.1) is 0 Å². The highest BCUT2D eigenvalue weighted by Gasteiger charge is 2.44. The number of methoxy groups -OCH3 is 1. The molecule has 4 heteroatoms. The largest absolute Gasteiger partial charge is 0.469 e. The van der Waals surface area contributed by atoms with Crippen molar-refractivity contribution in [2.75, 3.05) is 7.11 Å². The minimum Gasteiger partial charge on any atom is -0.469 e. The van der Waals surface area contributed by atoms with Crippen LogP contribution >= 0.6 is 0 Å². The monoisotopic (exact) mass is 210 g/mol. The van der Waals surface area contributed by atoms with E-state index >= 15 is 0 Å². The van der Waals surface area contributed by atoms with E-state index < -0.39 is 0 Å². The summed E-state index contributed by atoms with van der Waals surface area (Å²) in [5.74, 6) is 6.53. The van der Waals surface area contributed by atoms with Gasteiger partial charge in [0.2, 0.25) is 0 Å². The Morgan fingerprint density at radius 2 is 2.47 bits per heavy atom. The van der Waals surface area contributed by atoms with Crippen LogP contribution < -0.4 is 11.3 Å². The second-order valence-electron chi connectivity index (χ2n) is 4.13. The summed E-state index contributed by atoms with van der Waals surface area (Å²) in [6.07, 6.45) is 5.81. The van der Waals surface area contributed by atoms with Crippen molar-refractivity contribution in [1.82, 2.24) is 5.43 Å². The van der Waals surface area contributed by atoms with Crippen molar-refractivity contribution in [3.63, 3.8) is 0 Å². The lowest BCUT2D eigenvalue weighted by Crippen LogP contribution is -2.59. The molecule has 1 heterocycles. The molecule has 0 amide bonds. The normalized spacial score (nSPS) is 20.9. The molecule has 1 aliphatic carbocycles. The summed E-state index contributed by atoms with van der Waals surface area (Å²) in [4.78, 5) is 0.